The molecule has 0 aliphatic rings. The lowest BCUT2D eigenvalue weighted by Gasteiger charge is -2.15. The van der Waals surface area contributed by atoms with Crippen LogP contribution < -0.4 is 10.1 Å². The van der Waals surface area contributed by atoms with Crippen molar-refractivity contribution in [2.75, 3.05) is 11.9 Å². The van der Waals surface area contributed by atoms with Crippen molar-refractivity contribution in [3.05, 3.63) is 47.9 Å². The number of aromatic nitrogens is 4. The Kier molecular flexibility index (Phi) is 7.01. The smallest absolute Gasteiger partial charge is 0.247 e. The minimum atomic E-state index is -1.13. The van der Waals surface area contributed by atoms with E-state index in [4.69, 9.17) is 9.47 Å². The number of halogens is 1. The van der Waals surface area contributed by atoms with Crippen molar-refractivity contribution in [1.29, 1.82) is 0 Å². The molecule has 10 heteroatoms. The maximum absolute atomic E-state index is 11.5. The normalized spacial score (nSPS) is 11.5. The van der Waals surface area contributed by atoms with Crippen LogP contribution in [0.15, 0.2) is 47.9 Å². The van der Waals surface area contributed by atoms with E-state index in [9.17, 15) is 4.79 Å². The molecular weight excluding hydrogens is 466 g/mol. The van der Waals surface area contributed by atoms with Gasteiger partial charge in [-0.25, -0.2) is 15.0 Å². The van der Waals surface area contributed by atoms with Crippen LogP contribution in [0.3, 0.4) is 0 Å². The van der Waals surface area contributed by atoms with Gasteiger partial charge >= 0.3 is 0 Å². The van der Waals surface area contributed by atoms with E-state index in [1.165, 1.54) is 18.5 Å². The quantitative estimate of drug-likeness (QED) is 0.263. The fraction of sp³-hybridized carbons (Fsp3) is 0.300. The largest absolute Gasteiger partial charge is 0.419 e. The maximum atomic E-state index is 11.5. The van der Waals surface area contributed by atoms with Gasteiger partial charge in [0.1, 0.15) is 12.2 Å². The topological polar surface area (TPSA) is 91.2 Å². The van der Waals surface area contributed by atoms with E-state index in [-0.39, 0.29) is 11.8 Å². The van der Waals surface area contributed by atoms with Crippen LogP contribution in [0.2, 0.25) is 25.7 Å². The molecule has 0 radical (unpaired) electrons. The molecule has 3 aromatic heterocycles. The molecule has 0 saturated carbocycles. The second-order valence-electron chi connectivity index (χ2n) is 7.85. The van der Waals surface area contributed by atoms with Gasteiger partial charge in [-0.15, -0.1) is 0 Å². The van der Waals surface area contributed by atoms with Crippen molar-refractivity contribution in [3.63, 3.8) is 0 Å². The molecule has 1 amide bonds. The summed E-state index contributed by atoms with van der Waals surface area (Å²) in [7, 11) is -1.13. The van der Waals surface area contributed by atoms with E-state index in [1.54, 1.807) is 12.1 Å². The fourth-order valence-electron chi connectivity index (χ4n) is 2.53. The van der Waals surface area contributed by atoms with Crippen LogP contribution in [-0.4, -0.2) is 40.1 Å². The summed E-state index contributed by atoms with van der Waals surface area (Å²) in [4.78, 5) is 24.6. The summed E-state index contributed by atoms with van der Waals surface area (Å²) < 4.78 is 14.2. The molecule has 0 atom stereocenters. The molecule has 0 spiro atoms. The molecule has 8 nitrogen and oxygen atoms in total. The van der Waals surface area contributed by atoms with E-state index in [2.05, 4.69) is 62.4 Å². The summed E-state index contributed by atoms with van der Waals surface area (Å²) in [6.07, 6.45) is 6.15. The Balaban J connectivity index is 1.72. The molecule has 0 aliphatic carbocycles. The van der Waals surface area contributed by atoms with Crippen molar-refractivity contribution in [1.82, 2.24) is 19.5 Å². The molecule has 1 N–H and O–H groups in total. The highest BCUT2D eigenvalue weighted by molar-refractivity contribution is 9.10. The second-order valence-corrected chi connectivity index (χ2v) is 14.3. The second kappa shape index (κ2) is 9.50. The highest BCUT2D eigenvalue weighted by Gasteiger charge is 2.14. The summed E-state index contributed by atoms with van der Waals surface area (Å²) in [6, 6.07) is 4.36. The number of ether oxygens (including phenoxy) is 2. The zero-order valence-electron chi connectivity index (χ0n) is 17.2. The zero-order valence-corrected chi connectivity index (χ0v) is 19.8. The number of fused-ring (bicyclic) bond motifs is 1. The van der Waals surface area contributed by atoms with Gasteiger partial charge in [0.15, 0.2) is 5.65 Å². The predicted molar refractivity (Wildman–Crippen MR) is 122 cm³/mol. The van der Waals surface area contributed by atoms with E-state index in [1.807, 2.05) is 10.8 Å². The van der Waals surface area contributed by atoms with Crippen molar-refractivity contribution < 1.29 is 14.3 Å². The first kappa shape index (κ1) is 22.1. The minimum Gasteiger partial charge on any atom is -0.419 e. The minimum absolute atomic E-state index is 0.288. The third-order valence-corrected chi connectivity index (χ3v) is 6.41. The fourth-order valence-corrected chi connectivity index (χ4v) is 3.80. The molecule has 0 bridgehead atoms. The first-order valence-electron chi connectivity index (χ1n) is 9.41. The molecule has 0 unspecified atom stereocenters. The van der Waals surface area contributed by atoms with Crippen LogP contribution in [0.1, 0.15) is 0 Å². The number of anilines is 1. The summed E-state index contributed by atoms with van der Waals surface area (Å²) in [6.45, 7) is 11.5. The van der Waals surface area contributed by atoms with E-state index >= 15 is 0 Å². The highest BCUT2D eigenvalue weighted by atomic mass is 79.9. The van der Waals surface area contributed by atoms with Crippen LogP contribution in [-0.2, 0) is 16.3 Å². The lowest BCUT2D eigenvalue weighted by molar-refractivity contribution is -0.111. The number of carbonyl (C=O) groups excluding carboxylic acids is 1. The monoisotopic (exact) mass is 489 g/mol. The first-order chi connectivity index (χ1) is 14.2. The molecule has 3 aromatic rings. The average Bonchev–Trinajstić information content (AvgIpc) is 3.00. The number of rotatable bonds is 9. The van der Waals surface area contributed by atoms with Crippen LogP contribution in [0.5, 0.6) is 11.8 Å². The van der Waals surface area contributed by atoms with Crippen LogP contribution in [0, 0.1) is 0 Å². The van der Waals surface area contributed by atoms with Gasteiger partial charge in [-0.05, 0) is 34.1 Å². The lowest BCUT2D eigenvalue weighted by atomic mass is 10.4. The third-order valence-electron chi connectivity index (χ3n) is 4.12. The Bertz CT molecular complexity index is 1060. The molecule has 30 heavy (non-hydrogen) atoms. The Hall–Kier alpha value is -2.56. The molecule has 0 fully saturated rings. The van der Waals surface area contributed by atoms with Crippen LogP contribution in [0.25, 0.3) is 11.2 Å². The number of hydrogen-bond donors (Lipinski definition) is 1. The van der Waals surface area contributed by atoms with Crippen molar-refractivity contribution in [2.24, 2.45) is 0 Å². The average molecular weight is 490 g/mol. The van der Waals surface area contributed by atoms with Crippen molar-refractivity contribution in [2.45, 2.75) is 32.4 Å². The van der Waals surface area contributed by atoms with E-state index < -0.39 is 8.07 Å². The van der Waals surface area contributed by atoms with Gasteiger partial charge in [-0.1, -0.05) is 26.2 Å². The highest BCUT2D eigenvalue weighted by Crippen LogP contribution is 2.27. The number of carbonyl (C=O) groups is 1. The van der Waals surface area contributed by atoms with Crippen molar-refractivity contribution in [3.8, 4) is 11.8 Å². The summed E-state index contributed by atoms with van der Waals surface area (Å²) in [5, 5.41) is 2.66. The lowest BCUT2D eigenvalue weighted by Crippen LogP contribution is -2.22. The zero-order chi connectivity index (χ0) is 21.7. The molecule has 0 saturated heterocycles. The molecular formula is C20H24BrN5O3Si. The van der Waals surface area contributed by atoms with E-state index in [0.29, 0.717) is 29.5 Å². The van der Waals surface area contributed by atoms with E-state index in [0.717, 1.165) is 17.1 Å². The van der Waals surface area contributed by atoms with Gasteiger partial charge in [0.25, 0.3) is 0 Å². The number of amides is 1. The molecule has 0 aromatic carbocycles. The number of nitrogens with zero attached hydrogens (tertiary/aromatic N) is 4. The Morgan fingerprint density at radius 2 is 2.13 bits per heavy atom. The van der Waals surface area contributed by atoms with Gasteiger partial charge in [0.05, 0.1) is 10.7 Å². The number of hydrogen-bond acceptors (Lipinski definition) is 6. The Labute approximate surface area is 184 Å². The molecule has 158 valence electrons. The van der Waals surface area contributed by atoms with Gasteiger partial charge < -0.3 is 19.4 Å². The summed E-state index contributed by atoms with van der Waals surface area (Å²) in [5.41, 5.74) is 1.90. The SMILES string of the molecule is C=CC(=O)Nc1ccnc(Oc2cnc3c(n2)c(Br)cn3COCC[Si](C)(C)C)c1. The van der Waals surface area contributed by atoms with Gasteiger partial charge in [0, 0.05) is 38.8 Å². The number of pyridine rings is 1. The van der Waals surface area contributed by atoms with Gasteiger partial charge in [-0.3, -0.25) is 4.79 Å². The Morgan fingerprint density at radius 3 is 2.87 bits per heavy atom. The Morgan fingerprint density at radius 1 is 1.33 bits per heavy atom. The number of nitrogens with one attached hydrogen (secondary N) is 1. The first-order valence-corrected chi connectivity index (χ1v) is 13.9. The van der Waals surface area contributed by atoms with Crippen LogP contribution >= 0.6 is 15.9 Å². The summed E-state index contributed by atoms with van der Waals surface area (Å²) in [5.74, 6) is 0.266. The predicted octanol–water partition coefficient (Wildman–Crippen LogP) is 4.82. The molecule has 3 heterocycles. The third kappa shape index (κ3) is 5.97. The molecule has 0 aliphatic heterocycles. The van der Waals surface area contributed by atoms with Crippen LogP contribution in [0.4, 0.5) is 5.69 Å². The summed E-state index contributed by atoms with van der Waals surface area (Å²) >= 11 is 3.52. The van der Waals surface area contributed by atoms with Gasteiger partial charge in [0.2, 0.25) is 17.7 Å². The van der Waals surface area contributed by atoms with Crippen molar-refractivity contribution >= 4 is 46.8 Å². The maximum Gasteiger partial charge on any atom is 0.247 e. The molecule has 3 rings (SSSR count). The standard InChI is InChI=1S/C20H24BrN5O3Si/c1-5-16(27)24-14-6-7-22-17(10-14)29-18-11-23-20-19(25-18)15(21)12-26(20)13-28-8-9-30(2,3)4/h5-7,10-12H,1,8-9,13H2,2-4H3,(H,22,24,27). The van der Waals surface area contributed by atoms with Gasteiger partial charge in [-0.2, -0.15) is 0 Å².